The lowest BCUT2D eigenvalue weighted by molar-refractivity contribution is -0.120. The first kappa shape index (κ1) is 16.7. The van der Waals surface area contributed by atoms with Crippen LogP contribution in [-0.2, 0) is 17.6 Å². The number of benzene rings is 2. The minimum atomic E-state index is -0.0206. The number of rotatable bonds is 6. The summed E-state index contributed by atoms with van der Waals surface area (Å²) in [6.45, 7) is 0.613. The fraction of sp³-hybridized carbons (Fsp3) is 0.316. The predicted molar refractivity (Wildman–Crippen MR) is 96.1 cm³/mol. The van der Waals surface area contributed by atoms with Gasteiger partial charge >= 0.3 is 0 Å². The van der Waals surface area contributed by atoms with E-state index in [1.807, 2.05) is 30.3 Å². The van der Waals surface area contributed by atoms with E-state index in [2.05, 4.69) is 17.4 Å². The minimum absolute atomic E-state index is 0.0206. The van der Waals surface area contributed by atoms with E-state index in [-0.39, 0.29) is 11.2 Å². The normalized spacial score (nSPS) is 15.7. The maximum atomic E-state index is 12.4. The first-order valence-electron chi connectivity index (χ1n) is 7.94. The number of amides is 1. The SMILES string of the molecule is COc1ccc(CCNC(=O)C2Cc3ccccc3S2)cc1OC. The number of ether oxygens (including phenoxy) is 2. The van der Waals surface area contributed by atoms with Crippen LogP contribution in [0, 0.1) is 0 Å². The molecule has 1 heterocycles. The zero-order valence-electron chi connectivity index (χ0n) is 13.9. The molecule has 2 aromatic carbocycles. The van der Waals surface area contributed by atoms with Gasteiger partial charge in [-0.25, -0.2) is 0 Å². The summed E-state index contributed by atoms with van der Waals surface area (Å²) in [5.41, 5.74) is 2.37. The Morgan fingerprint density at radius 2 is 1.96 bits per heavy atom. The van der Waals surface area contributed by atoms with Crippen molar-refractivity contribution in [2.24, 2.45) is 0 Å². The number of carbonyl (C=O) groups is 1. The molecule has 1 aliphatic rings. The largest absolute Gasteiger partial charge is 0.493 e. The topological polar surface area (TPSA) is 47.6 Å². The molecule has 0 aromatic heterocycles. The number of hydrogen-bond acceptors (Lipinski definition) is 4. The van der Waals surface area contributed by atoms with Gasteiger partial charge in [0.1, 0.15) is 0 Å². The molecule has 0 saturated carbocycles. The Labute approximate surface area is 146 Å². The first-order valence-corrected chi connectivity index (χ1v) is 8.82. The molecule has 0 radical (unpaired) electrons. The van der Waals surface area contributed by atoms with Gasteiger partial charge in [-0.05, 0) is 42.2 Å². The van der Waals surface area contributed by atoms with Crippen LogP contribution in [0.2, 0.25) is 0 Å². The maximum absolute atomic E-state index is 12.4. The van der Waals surface area contributed by atoms with E-state index in [0.29, 0.717) is 18.0 Å². The van der Waals surface area contributed by atoms with Gasteiger partial charge in [0.2, 0.25) is 5.91 Å². The van der Waals surface area contributed by atoms with Crippen LogP contribution in [0.25, 0.3) is 0 Å². The lowest BCUT2D eigenvalue weighted by Crippen LogP contribution is -2.33. The zero-order valence-corrected chi connectivity index (χ0v) is 14.7. The average Bonchev–Trinajstić information content (AvgIpc) is 3.05. The van der Waals surface area contributed by atoms with Crippen LogP contribution in [0.3, 0.4) is 0 Å². The predicted octanol–water partition coefficient (Wildman–Crippen LogP) is 3.08. The summed E-state index contributed by atoms with van der Waals surface area (Å²) in [7, 11) is 3.24. The van der Waals surface area contributed by atoms with Crippen molar-refractivity contribution in [2.75, 3.05) is 20.8 Å². The maximum Gasteiger partial charge on any atom is 0.233 e. The summed E-state index contributed by atoms with van der Waals surface area (Å²) in [5, 5.41) is 3.02. The third-order valence-corrected chi connectivity index (χ3v) is 5.42. The summed E-state index contributed by atoms with van der Waals surface area (Å²) in [6, 6.07) is 14.0. The van der Waals surface area contributed by atoms with E-state index in [0.717, 1.165) is 18.4 Å². The molecule has 126 valence electrons. The van der Waals surface area contributed by atoms with E-state index < -0.39 is 0 Å². The van der Waals surface area contributed by atoms with E-state index in [9.17, 15) is 4.79 Å². The van der Waals surface area contributed by atoms with Crippen molar-refractivity contribution in [3.63, 3.8) is 0 Å². The second-order valence-corrected chi connectivity index (χ2v) is 6.89. The number of methoxy groups -OCH3 is 2. The Morgan fingerprint density at radius 3 is 2.71 bits per heavy atom. The minimum Gasteiger partial charge on any atom is -0.493 e. The quantitative estimate of drug-likeness (QED) is 0.876. The van der Waals surface area contributed by atoms with Crippen molar-refractivity contribution in [1.29, 1.82) is 0 Å². The van der Waals surface area contributed by atoms with Gasteiger partial charge < -0.3 is 14.8 Å². The number of nitrogens with one attached hydrogen (secondary N) is 1. The van der Waals surface area contributed by atoms with E-state index >= 15 is 0 Å². The Balaban J connectivity index is 1.51. The van der Waals surface area contributed by atoms with Gasteiger partial charge in [0.05, 0.1) is 19.5 Å². The molecule has 5 heteroatoms. The van der Waals surface area contributed by atoms with Gasteiger partial charge in [-0.1, -0.05) is 24.3 Å². The molecular weight excluding hydrogens is 322 g/mol. The van der Waals surface area contributed by atoms with Crippen molar-refractivity contribution >= 4 is 17.7 Å². The summed E-state index contributed by atoms with van der Waals surface area (Å²) in [5.74, 6) is 1.53. The van der Waals surface area contributed by atoms with Crippen molar-refractivity contribution < 1.29 is 14.3 Å². The van der Waals surface area contributed by atoms with Crippen LogP contribution in [-0.4, -0.2) is 31.9 Å². The average molecular weight is 343 g/mol. The molecule has 2 aromatic rings. The smallest absolute Gasteiger partial charge is 0.233 e. The van der Waals surface area contributed by atoms with Crippen LogP contribution >= 0.6 is 11.8 Å². The molecule has 0 saturated heterocycles. The molecule has 1 amide bonds. The summed E-state index contributed by atoms with van der Waals surface area (Å²) in [6.07, 6.45) is 1.57. The second-order valence-electron chi connectivity index (χ2n) is 5.65. The molecule has 1 aliphatic heterocycles. The van der Waals surface area contributed by atoms with Gasteiger partial charge in [0, 0.05) is 11.4 Å². The Hall–Kier alpha value is -2.14. The highest BCUT2D eigenvalue weighted by Gasteiger charge is 2.27. The highest BCUT2D eigenvalue weighted by molar-refractivity contribution is 8.01. The molecule has 3 rings (SSSR count). The molecule has 1 unspecified atom stereocenters. The zero-order chi connectivity index (χ0) is 16.9. The van der Waals surface area contributed by atoms with Crippen molar-refractivity contribution in [3.8, 4) is 11.5 Å². The highest BCUT2D eigenvalue weighted by Crippen LogP contribution is 2.36. The van der Waals surface area contributed by atoms with Crippen LogP contribution in [0.15, 0.2) is 47.4 Å². The van der Waals surface area contributed by atoms with Crippen LogP contribution < -0.4 is 14.8 Å². The molecule has 4 nitrogen and oxygen atoms in total. The second kappa shape index (κ2) is 7.62. The molecule has 24 heavy (non-hydrogen) atoms. The van der Waals surface area contributed by atoms with Crippen molar-refractivity contribution in [3.05, 3.63) is 53.6 Å². The molecular formula is C19H21NO3S. The molecule has 0 aliphatic carbocycles. The fourth-order valence-corrected chi connectivity index (χ4v) is 4.03. The van der Waals surface area contributed by atoms with Gasteiger partial charge in [-0.3, -0.25) is 4.79 Å². The van der Waals surface area contributed by atoms with Gasteiger partial charge in [0.15, 0.2) is 11.5 Å². The van der Waals surface area contributed by atoms with Crippen LogP contribution in [0.4, 0.5) is 0 Å². The number of fused-ring (bicyclic) bond motifs is 1. The number of thioether (sulfide) groups is 1. The van der Waals surface area contributed by atoms with E-state index in [1.165, 1.54) is 10.5 Å². The van der Waals surface area contributed by atoms with E-state index in [1.54, 1.807) is 26.0 Å². The highest BCUT2D eigenvalue weighted by atomic mass is 32.2. The third kappa shape index (κ3) is 3.67. The molecule has 1 N–H and O–H groups in total. The fourth-order valence-electron chi connectivity index (χ4n) is 2.81. The lowest BCUT2D eigenvalue weighted by atomic mass is 10.1. The van der Waals surface area contributed by atoms with Crippen LogP contribution in [0.5, 0.6) is 11.5 Å². The third-order valence-electron chi connectivity index (χ3n) is 4.10. The first-order chi connectivity index (χ1) is 11.7. The van der Waals surface area contributed by atoms with E-state index in [4.69, 9.17) is 9.47 Å². The summed E-state index contributed by atoms with van der Waals surface area (Å²) >= 11 is 1.65. The number of hydrogen-bond donors (Lipinski definition) is 1. The van der Waals surface area contributed by atoms with Gasteiger partial charge in [0.25, 0.3) is 0 Å². The Morgan fingerprint density at radius 1 is 1.17 bits per heavy atom. The molecule has 1 atom stereocenters. The lowest BCUT2D eigenvalue weighted by Gasteiger charge is -2.12. The summed E-state index contributed by atoms with van der Waals surface area (Å²) in [4.78, 5) is 13.6. The summed E-state index contributed by atoms with van der Waals surface area (Å²) < 4.78 is 10.5. The Bertz CT molecular complexity index is 707. The monoisotopic (exact) mass is 343 g/mol. The standard InChI is InChI=1S/C19H21NO3S/c1-22-15-8-7-13(11-16(15)23-2)9-10-20-19(21)18-12-14-5-3-4-6-17(14)24-18/h3-8,11,18H,9-10,12H2,1-2H3,(H,20,21). The molecule has 0 spiro atoms. The van der Waals surface area contributed by atoms with Crippen molar-refractivity contribution in [1.82, 2.24) is 5.32 Å². The van der Waals surface area contributed by atoms with Gasteiger partial charge in [-0.2, -0.15) is 0 Å². The van der Waals surface area contributed by atoms with Crippen molar-refractivity contribution in [2.45, 2.75) is 23.0 Å². The molecule has 0 fully saturated rings. The Kier molecular flexibility index (Phi) is 5.30. The molecule has 0 bridgehead atoms. The van der Waals surface area contributed by atoms with Gasteiger partial charge in [-0.15, -0.1) is 11.8 Å². The van der Waals surface area contributed by atoms with Crippen LogP contribution in [0.1, 0.15) is 11.1 Å². The number of carbonyl (C=O) groups excluding carboxylic acids is 1.